The average molecular weight is 194 g/mol. The first-order valence-corrected chi connectivity index (χ1v) is 4.86. The normalized spacial score (nSPS) is 16.4. The van der Waals surface area contributed by atoms with E-state index in [4.69, 9.17) is 9.84 Å². The van der Waals surface area contributed by atoms with Gasteiger partial charge < -0.3 is 9.84 Å². The summed E-state index contributed by atoms with van der Waals surface area (Å²) in [4.78, 5) is 0. The minimum absolute atomic E-state index is 0.0432. The van der Waals surface area contributed by atoms with Crippen LogP contribution in [0.25, 0.3) is 0 Å². The van der Waals surface area contributed by atoms with Crippen LogP contribution in [0.15, 0.2) is 6.07 Å². The number of aliphatic hydroxyl groups is 1. The smallest absolute Gasteiger partial charge is 0.238 e. The predicted molar refractivity (Wildman–Crippen MR) is 51.1 cm³/mol. The molecule has 1 heterocycles. The van der Waals surface area contributed by atoms with Gasteiger partial charge in [-0.15, -0.1) is 5.10 Å². The monoisotopic (exact) mass is 194 g/mol. The summed E-state index contributed by atoms with van der Waals surface area (Å²) in [5.41, 5.74) is 1.71. The Kier molecular flexibility index (Phi) is 2.63. The molecule has 0 saturated heterocycles. The summed E-state index contributed by atoms with van der Waals surface area (Å²) in [6.07, 6.45) is 3.64. The topological polar surface area (TPSA) is 55.2 Å². The first-order valence-electron chi connectivity index (χ1n) is 4.86. The third kappa shape index (κ3) is 1.57. The standard InChI is InChI=1S/C10H14N2O2/c1-14-10-8(6-13)5-9(11-12-10)7-3-2-4-7/h5,7,13H,2-4,6H2,1H3. The van der Waals surface area contributed by atoms with Gasteiger partial charge in [-0.2, -0.15) is 5.10 Å². The van der Waals surface area contributed by atoms with Gasteiger partial charge >= 0.3 is 0 Å². The first-order chi connectivity index (χ1) is 6.85. The fraction of sp³-hybridized carbons (Fsp3) is 0.600. The van der Waals surface area contributed by atoms with E-state index in [1.807, 2.05) is 6.07 Å². The van der Waals surface area contributed by atoms with Gasteiger partial charge in [-0.25, -0.2) is 0 Å². The second-order valence-electron chi connectivity index (χ2n) is 3.59. The zero-order valence-corrected chi connectivity index (χ0v) is 8.23. The van der Waals surface area contributed by atoms with Gasteiger partial charge in [0.2, 0.25) is 5.88 Å². The van der Waals surface area contributed by atoms with Crippen molar-refractivity contribution in [3.63, 3.8) is 0 Å². The molecule has 2 rings (SSSR count). The van der Waals surface area contributed by atoms with Gasteiger partial charge in [-0.3, -0.25) is 0 Å². The molecule has 0 spiro atoms. The zero-order chi connectivity index (χ0) is 9.97. The van der Waals surface area contributed by atoms with Crippen molar-refractivity contribution in [2.24, 2.45) is 0 Å². The van der Waals surface area contributed by atoms with Crippen LogP contribution in [0.5, 0.6) is 5.88 Å². The van der Waals surface area contributed by atoms with Crippen LogP contribution in [0, 0.1) is 0 Å². The fourth-order valence-corrected chi connectivity index (χ4v) is 1.63. The molecule has 4 nitrogen and oxygen atoms in total. The highest BCUT2D eigenvalue weighted by Gasteiger charge is 2.22. The maximum atomic E-state index is 9.10. The summed E-state index contributed by atoms with van der Waals surface area (Å²) >= 11 is 0. The molecule has 1 aliphatic carbocycles. The van der Waals surface area contributed by atoms with E-state index < -0.39 is 0 Å². The van der Waals surface area contributed by atoms with Gasteiger partial charge in [0.05, 0.1) is 19.4 Å². The molecule has 14 heavy (non-hydrogen) atoms. The Morgan fingerprint density at radius 3 is 2.79 bits per heavy atom. The highest BCUT2D eigenvalue weighted by molar-refractivity contribution is 5.27. The molecule has 0 unspecified atom stereocenters. The van der Waals surface area contributed by atoms with Gasteiger partial charge in [0.25, 0.3) is 0 Å². The second-order valence-corrected chi connectivity index (χ2v) is 3.59. The zero-order valence-electron chi connectivity index (χ0n) is 8.23. The van der Waals surface area contributed by atoms with Crippen molar-refractivity contribution in [2.45, 2.75) is 31.8 Å². The Balaban J connectivity index is 2.26. The van der Waals surface area contributed by atoms with E-state index in [-0.39, 0.29) is 6.61 Å². The van der Waals surface area contributed by atoms with Crippen LogP contribution in [0.2, 0.25) is 0 Å². The van der Waals surface area contributed by atoms with E-state index in [1.54, 1.807) is 0 Å². The van der Waals surface area contributed by atoms with Crippen LogP contribution in [0.4, 0.5) is 0 Å². The van der Waals surface area contributed by atoms with E-state index in [0.29, 0.717) is 11.8 Å². The first kappa shape index (κ1) is 9.40. The molecule has 0 bridgehead atoms. The molecule has 1 aliphatic rings. The molecule has 76 valence electrons. The Hall–Kier alpha value is -1.16. The Morgan fingerprint density at radius 1 is 1.50 bits per heavy atom. The third-order valence-corrected chi connectivity index (χ3v) is 2.74. The van der Waals surface area contributed by atoms with Crippen molar-refractivity contribution in [3.05, 3.63) is 17.3 Å². The number of aliphatic hydroxyl groups excluding tert-OH is 1. The largest absolute Gasteiger partial charge is 0.480 e. The lowest BCUT2D eigenvalue weighted by molar-refractivity contribution is 0.269. The number of hydrogen-bond acceptors (Lipinski definition) is 4. The molecule has 1 fully saturated rings. The van der Waals surface area contributed by atoms with Gasteiger partial charge in [-0.05, 0) is 18.9 Å². The van der Waals surface area contributed by atoms with E-state index in [2.05, 4.69) is 10.2 Å². The number of nitrogens with zero attached hydrogens (tertiary/aromatic N) is 2. The van der Waals surface area contributed by atoms with Gasteiger partial charge in [0.1, 0.15) is 0 Å². The van der Waals surface area contributed by atoms with Crippen molar-refractivity contribution < 1.29 is 9.84 Å². The Labute approximate surface area is 82.9 Å². The van der Waals surface area contributed by atoms with E-state index in [0.717, 1.165) is 11.3 Å². The molecular weight excluding hydrogens is 180 g/mol. The lowest BCUT2D eigenvalue weighted by Crippen LogP contribution is -2.12. The maximum Gasteiger partial charge on any atom is 0.238 e. The molecule has 4 heteroatoms. The van der Waals surface area contributed by atoms with Crippen LogP contribution >= 0.6 is 0 Å². The molecule has 1 N–H and O–H groups in total. The maximum absolute atomic E-state index is 9.10. The summed E-state index contributed by atoms with van der Waals surface area (Å²) < 4.78 is 4.99. The second kappa shape index (κ2) is 3.92. The summed E-state index contributed by atoms with van der Waals surface area (Å²) in [6, 6.07) is 1.90. The van der Waals surface area contributed by atoms with Gasteiger partial charge in [-0.1, -0.05) is 6.42 Å². The van der Waals surface area contributed by atoms with Crippen LogP contribution in [0.3, 0.4) is 0 Å². The average Bonchev–Trinajstić information content (AvgIpc) is 2.15. The highest BCUT2D eigenvalue weighted by atomic mass is 16.5. The number of methoxy groups -OCH3 is 1. The highest BCUT2D eigenvalue weighted by Crippen LogP contribution is 2.35. The van der Waals surface area contributed by atoms with Crippen molar-refractivity contribution in [1.29, 1.82) is 0 Å². The van der Waals surface area contributed by atoms with Crippen LogP contribution < -0.4 is 4.74 Å². The number of hydrogen-bond donors (Lipinski definition) is 1. The Bertz CT molecular complexity index is 324. The SMILES string of the molecule is COc1nnc(C2CCC2)cc1CO. The summed E-state index contributed by atoms with van der Waals surface area (Å²) in [6.45, 7) is -0.0432. The molecule has 0 aromatic carbocycles. The van der Waals surface area contributed by atoms with E-state index >= 15 is 0 Å². The Morgan fingerprint density at radius 2 is 2.29 bits per heavy atom. The van der Waals surface area contributed by atoms with Crippen molar-refractivity contribution >= 4 is 0 Å². The predicted octanol–water partition coefficient (Wildman–Crippen LogP) is 1.24. The van der Waals surface area contributed by atoms with E-state index in [9.17, 15) is 0 Å². The lowest BCUT2D eigenvalue weighted by Gasteiger charge is -2.24. The van der Waals surface area contributed by atoms with E-state index in [1.165, 1.54) is 26.4 Å². The summed E-state index contributed by atoms with van der Waals surface area (Å²) in [7, 11) is 1.53. The lowest BCUT2D eigenvalue weighted by atomic mass is 9.82. The molecule has 1 saturated carbocycles. The van der Waals surface area contributed by atoms with Gasteiger partial charge in [0, 0.05) is 11.5 Å². The van der Waals surface area contributed by atoms with Crippen molar-refractivity contribution in [1.82, 2.24) is 10.2 Å². The molecule has 1 aromatic rings. The molecular formula is C10H14N2O2. The van der Waals surface area contributed by atoms with Crippen LogP contribution in [0.1, 0.15) is 36.4 Å². The van der Waals surface area contributed by atoms with Gasteiger partial charge in [0.15, 0.2) is 0 Å². The fourth-order valence-electron chi connectivity index (χ4n) is 1.63. The third-order valence-electron chi connectivity index (χ3n) is 2.74. The quantitative estimate of drug-likeness (QED) is 0.786. The van der Waals surface area contributed by atoms with Crippen LogP contribution in [-0.2, 0) is 6.61 Å². The molecule has 0 radical (unpaired) electrons. The minimum Gasteiger partial charge on any atom is -0.480 e. The molecule has 0 atom stereocenters. The number of ether oxygens (including phenoxy) is 1. The number of rotatable bonds is 3. The number of aromatic nitrogens is 2. The summed E-state index contributed by atoms with van der Waals surface area (Å²) in [5, 5.41) is 17.1. The van der Waals surface area contributed by atoms with Crippen molar-refractivity contribution in [3.8, 4) is 5.88 Å². The molecule has 1 aromatic heterocycles. The molecule has 0 aliphatic heterocycles. The van der Waals surface area contributed by atoms with Crippen LogP contribution in [-0.4, -0.2) is 22.4 Å². The summed E-state index contributed by atoms with van der Waals surface area (Å²) in [5.74, 6) is 0.967. The molecule has 0 amide bonds. The van der Waals surface area contributed by atoms with Crippen molar-refractivity contribution in [2.75, 3.05) is 7.11 Å². The minimum atomic E-state index is -0.0432.